The van der Waals surface area contributed by atoms with Crippen molar-refractivity contribution in [3.8, 4) is 11.1 Å². The van der Waals surface area contributed by atoms with Crippen LogP contribution < -0.4 is 10.2 Å². The molecule has 0 aliphatic carbocycles. The van der Waals surface area contributed by atoms with E-state index in [0.29, 0.717) is 13.0 Å². The molecule has 1 atom stereocenters. The number of fused-ring (bicyclic) bond motifs is 1. The summed E-state index contributed by atoms with van der Waals surface area (Å²) in [5.74, 6) is -0.157. The maximum absolute atomic E-state index is 13.2. The van der Waals surface area contributed by atoms with Crippen molar-refractivity contribution in [1.29, 1.82) is 0 Å². The van der Waals surface area contributed by atoms with Gasteiger partial charge in [0.15, 0.2) is 0 Å². The number of nitrogens with one attached hydrogen (secondary N) is 1. The summed E-state index contributed by atoms with van der Waals surface area (Å²) in [7, 11) is 0. The van der Waals surface area contributed by atoms with Crippen molar-refractivity contribution >= 4 is 17.5 Å². The maximum atomic E-state index is 13.2. The second-order valence-electron chi connectivity index (χ2n) is 7.25. The zero-order chi connectivity index (χ0) is 20.2. The summed E-state index contributed by atoms with van der Waals surface area (Å²) in [6.07, 6.45) is 0.819. The van der Waals surface area contributed by atoms with Crippen LogP contribution in [0.1, 0.15) is 18.1 Å². The van der Waals surface area contributed by atoms with Crippen molar-refractivity contribution in [2.45, 2.75) is 25.8 Å². The normalized spacial score (nSPS) is 15.1. The van der Waals surface area contributed by atoms with Gasteiger partial charge in [0.2, 0.25) is 11.8 Å². The van der Waals surface area contributed by atoms with E-state index in [1.54, 1.807) is 4.90 Å². The molecular weight excluding hydrogens is 360 g/mol. The second kappa shape index (κ2) is 8.31. The van der Waals surface area contributed by atoms with E-state index in [1.165, 1.54) is 0 Å². The molecule has 0 fully saturated rings. The predicted molar refractivity (Wildman–Crippen MR) is 116 cm³/mol. The Labute approximate surface area is 171 Å². The number of hydrogen-bond acceptors (Lipinski definition) is 2. The molecule has 4 nitrogen and oxygen atoms in total. The van der Waals surface area contributed by atoms with E-state index in [0.717, 1.165) is 27.9 Å². The monoisotopic (exact) mass is 384 g/mol. The zero-order valence-corrected chi connectivity index (χ0v) is 16.5. The topological polar surface area (TPSA) is 49.4 Å². The summed E-state index contributed by atoms with van der Waals surface area (Å²) in [4.78, 5) is 27.4. The minimum absolute atomic E-state index is 0.0568. The average molecular weight is 384 g/mol. The minimum atomic E-state index is -0.483. The SMILES string of the molecule is CCNC(=O)C1Cc2ccccc2N1C(=O)Cc1ccc(-c2ccccc2)cc1. The summed E-state index contributed by atoms with van der Waals surface area (Å²) < 4.78 is 0. The molecule has 3 aromatic rings. The van der Waals surface area contributed by atoms with Crippen LogP contribution in [0, 0.1) is 0 Å². The van der Waals surface area contributed by atoms with Gasteiger partial charge in [0.25, 0.3) is 0 Å². The number of rotatable bonds is 5. The van der Waals surface area contributed by atoms with Crippen LogP contribution in [0.25, 0.3) is 11.1 Å². The van der Waals surface area contributed by atoms with E-state index >= 15 is 0 Å². The molecule has 146 valence electrons. The van der Waals surface area contributed by atoms with Gasteiger partial charge in [-0.15, -0.1) is 0 Å². The van der Waals surface area contributed by atoms with E-state index in [4.69, 9.17) is 0 Å². The van der Waals surface area contributed by atoms with E-state index in [2.05, 4.69) is 17.4 Å². The van der Waals surface area contributed by atoms with Crippen molar-refractivity contribution in [2.24, 2.45) is 0 Å². The van der Waals surface area contributed by atoms with Gasteiger partial charge in [-0.05, 0) is 35.2 Å². The largest absolute Gasteiger partial charge is 0.355 e. The number of carbonyl (C=O) groups excluding carboxylic acids is 2. The van der Waals surface area contributed by atoms with Crippen LogP contribution in [0.15, 0.2) is 78.9 Å². The number of anilines is 1. The van der Waals surface area contributed by atoms with Crippen LogP contribution in [-0.2, 0) is 22.4 Å². The highest BCUT2D eigenvalue weighted by atomic mass is 16.2. The summed E-state index contributed by atoms with van der Waals surface area (Å²) in [5, 5.41) is 2.86. The number of hydrogen-bond donors (Lipinski definition) is 1. The average Bonchev–Trinajstić information content (AvgIpc) is 3.15. The number of amides is 2. The van der Waals surface area contributed by atoms with Gasteiger partial charge in [0.1, 0.15) is 6.04 Å². The molecule has 4 heteroatoms. The van der Waals surface area contributed by atoms with Gasteiger partial charge in [-0.1, -0.05) is 72.8 Å². The van der Waals surface area contributed by atoms with Crippen LogP contribution in [0.5, 0.6) is 0 Å². The first-order valence-corrected chi connectivity index (χ1v) is 9.99. The Morgan fingerprint density at radius 2 is 1.55 bits per heavy atom. The fourth-order valence-corrected chi connectivity index (χ4v) is 3.90. The summed E-state index contributed by atoms with van der Waals surface area (Å²) >= 11 is 0. The lowest BCUT2D eigenvalue weighted by atomic mass is 10.0. The Balaban J connectivity index is 1.55. The molecule has 1 heterocycles. The van der Waals surface area contributed by atoms with E-state index in [9.17, 15) is 9.59 Å². The first kappa shape index (κ1) is 18.9. The van der Waals surface area contributed by atoms with E-state index < -0.39 is 6.04 Å². The van der Waals surface area contributed by atoms with Gasteiger partial charge >= 0.3 is 0 Å². The molecular formula is C25H24N2O2. The lowest BCUT2D eigenvalue weighted by molar-refractivity contribution is -0.125. The lowest BCUT2D eigenvalue weighted by Crippen LogP contribution is -2.48. The molecule has 0 aromatic heterocycles. The fourth-order valence-electron chi connectivity index (χ4n) is 3.90. The molecule has 1 aliphatic heterocycles. The zero-order valence-electron chi connectivity index (χ0n) is 16.5. The molecule has 4 rings (SSSR count). The molecule has 1 N–H and O–H groups in total. The molecule has 0 saturated carbocycles. The van der Waals surface area contributed by atoms with Crippen molar-refractivity contribution in [3.05, 3.63) is 90.0 Å². The van der Waals surface area contributed by atoms with Crippen molar-refractivity contribution in [3.63, 3.8) is 0 Å². The van der Waals surface area contributed by atoms with Crippen LogP contribution in [-0.4, -0.2) is 24.4 Å². The first-order valence-electron chi connectivity index (χ1n) is 9.99. The summed E-state index contributed by atoms with van der Waals surface area (Å²) in [6.45, 7) is 2.44. The maximum Gasteiger partial charge on any atom is 0.243 e. The fraction of sp³-hybridized carbons (Fsp3) is 0.200. The van der Waals surface area contributed by atoms with Crippen molar-refractivity contribution in [1.82, 2.24) is 5.32 Å². The third-order valence-corrected chi connectivity index (χ3v) is 5.31. The van der Waals surface area contributed by atoms with Gasteiger partial charge < -0.3 is 5.32 Å². The third-order valence-electron chi connectivity index (χ3n) is 5.31. The molecule has 0 spiro atoms. The van der Waals surface area contributed by atoms with E-state index in [-0.39, 0.29) is 18.2 Å². The molecule has 3 aromatic carbocycles. The number of para-hydroxylation sites is 1. The predicted octanol–water partition coefficient (Wildman–Crippen LogP) is 3.99. The van der Waals surface area contributed by atoms with Gasteiger partial charge in [-0.3, -0.25) is 14.5 Å². The Hall–Kier alpha value is -3.40. The second-order valence-corrected chi connectivity index (χ2v) is 7.25. The molecule has 29 heavy (non-hydrogen) atoms. The Kier molecular flexibility index (Phi) is 5.43. The van der Waals surface area contributed by atoms with Crippen molar-refractivity contribution in [2.75, 3.05) is 11.4 Å². The molecule has 0 saturated heterocycles. The lowest BCUT2D eigenvalue weighted by Gasteiger charge is -2.25. The molecule has 1 aliphatic rings. The highest BCUT2D eigenvalue weighted by Gasteiger charge is 2.37. The summed E-state index contributed by atoms with van der Waals surface area (Å²) in [5.41, 5.74) is 5.09. The molecule has 0 radical (unpaired) electrons. The third kappa shape index (κ3) is 3.92. The number of likely N-dealkylation sites (N-methyl/N-ethyl adjacent to an activating group) is 1. The standard InChI is InChI=1S/C25H24N2O2/c1-2-26-25(29)23-17-21-10-6-7-11-22(21)27(23)24(28)16-18-12-14-20(15-13-18)19-8-4-3-5-9-19/h3-15,23H,2,16-17H2,1H3,(H,26,29). The summed E-state index contributed by atoms with van der Waals surface area (Å²) in [6, 6.07) is 25.5. The van der Waals surface area contributed by atoms with Crippen LogP contribution >= 0.6 is 0 Å². The van der Waals surface area contributed by atoms with Gasteiger partial charge in [0.05, 0.1) is 6.42 Å². The molecule has 0 bridgehead atoms. The highest BCUT2D eigenvalue weighted by Crippen LogP contribution is 2.33. The Bertz CT molecular complexity index is 1010. The van der Waals surface area contributed by atoms with Gasteiger partial charge in [0, 0.05) is 18.7 Å². The van der Waals surface area contributed by atoms with E-state index in [1.807, 2.05) is 73.7 Å². The van der Waals surface area contributed by atoms with Crippen LogP contribution in [0.2, 0.25) is 0 Å². The Morgan fingerprint density at radius 3 is 2.28 bits per heavy atom. The smallest absolute Gasteiger partial charge is 0.243 e. The Morgan fingerprint density at radius 1 is 0.897 bits per heavy atom. The van der Waals surface area contributed by atoms with Gasteiger partial charge in [-0.25, -0.2) is 0 Å². The number of carbonyl (C=O) groups is 2. The first-order chi connectivity index (χ1) is 14.2. The van der Waals surface area contributed by atoms with Crippen molar-refractivity contribution < 1.29 is 9.59 Å². The van der Waals surface area contributed by atoms with Crippen LogP contribution in [0.3, 0.4) is 0 Å². The number of nitrogens with zero attached hydrogens (tertiary/aromatic N) is 1. The molecule has 2 amide bonds. The quantitative estimate of drug-likeness (QED) is 0.723. The minimum Gasteiger partial charge on any atom is -0.355 e. The highest BCUT2D eigenvalue weighted by molar-refractivity contribution is 6.04. The number of benzene rings is 3. The van der Waals surface area contributed by atoms with Crippen LogP contribution in [0.4, 0.5) is 5.69 Å². The van der Waals surface area contributed by atoms with Gasteiger partial charge in [-0.2, -0.15) is 0 Å². The molecule has 1 unspecified atom stereocenters.